The number of nitrogens with zero attached hydrogens (tertiary/aromatic N) is 2. The first-order chi connectivity index (χ1) is 8.33. The van der Waals surface area contributed by atoms with E-state index >= 15 is 0 Å². The molecule has 1 aromatic rings. The Hall–Kier alpha value is -0.860. The van der Waals surface area contributed by atoms with E-state index in [1.165, 1.54) is 38.0 Å². The average molecular weight is 230 g/mol. The highest BCUT2D eigenvalue weighted by atomic mass is 15.3. The summed E-state index contributed by atoms with van der Waals surface area (Å²) in [6.45, 7) is 4.97. The number of likely N-dealkylation sites (N-methyl/N-ethyl adjacent to an activating group) is 1. The van der Waals surface area contributed by atoms with Crippen LogP contribution in [0.25, 0.3) is 0 Å². The standard InChI is InChI=1S/C15H22N2/c1-16-9-5-8-14-11-17(12-15(14)16)10-13-6-3-2-4-7-13/h2-4,6-7,14-15H,5,8-12H2,1H3/t14-,15+/m0/s1. The molecule has 2 aliphatic rings. The summed E-state index contributed by atoms with van der Waals surface area (Å²) in [4.78, 5) is 5.20. The van der Waals surface area contributed by atoms with Crippen molar-refractivity contribution in [2.24, 2.45) is 5.92 Å². The predicted octanol–water partition coefficient (Wildman–Crippen LogP) is 2.21. The van der Waals surface area contributed by atoms with Crippen LogP contribution in [0, 0.1) is 5.92 Å². The molecule has 0 spiro atoms. The van der Waals surface area contributed by atoms with Gasteiger partial charge in [-0.05, 0) is 37.9 Å². The van der Waals surface area contributed by atoms with Crippen LogP contribution in [0.5, 0.6) is 0 Å². The Balaban J connectivity index is 1.64. The maximum absolute atomic E-state index is 2.63. The van der Waals surface area contributed by atoms with E-state index in [-0.39, 0.29) is 0 Å². The quantitative estimate of drug-likeness (QED) is 0.768. The van der Waals surface area contributed by atoms with Crippen molar-refractivity contribution in [3.05, 3.63) is 35.9 Å². The van der Waals surface area contributed by atoms with Gasteiger partial charge in [0.15, 0.2) is 0 Å². The summed E-state index contributed by atoms with van der Waals surface area (Å²) < 4.78 is 0. The SMILES string of the molecule is CN1CCC[C@H]2CN(Cc3ccccc3)C[C@H]21. The number of piperidine rings is 1. The van der Waals surface area contributed by atoms with Crippen molar-refractivity contribution < 1.29 is 0 Å². The minimum absolute atomic E-state index is 0.812. The number of fused-ring (bicyclic) bond motifs is 1. The second-order valence-corrected chi connectivity index (χ2v) is 5.63. The summed E-state index contributed by atoms with van der Waals surface area (Å²) in [5, 5.41) is 0. The molecule has 92 valence electrons. The molecular formula is C15H22N2. The number of hydrogen-bond acceptors (Lipinski definition) is 2. The fourth-order valence-electron chi connectivity index (χ4n) is 3.46. The second kappa shape index (κ2) is 4.79. The Morgan fingerprint density at radius 3 is 2.76 bits per heavy atom. The van der Waals surface area contributed by atoms with Gasteiger partial charge in [-0.1, -0.05) is 30.3 Å². The molecule has 0 aliphatic carbocycles. The van der Waals surface area contributed by atoms with Crippen LogP contribution in [-0.4, -0.2) is 42.5 Å². The van der Waals surface area contributed by atoms with Crippen molar-refractivity contribution in [2.45, 2.75) is 25.4 Å². The maximum Gasteiger partial charge on any atom is 0.0260 e. The third kappa shape index (κ3) is 2.38. The van der Waals surface area contributed by atoms with E-state index in [9.17, 15) is 0 Å². The van der Waals surface area contributed by atoms with Crippen molar-refractivity contribution in [1.29, 1.82) is 0 Å². The largest absolute Gasteiger partial charge is 0.302 e. The second-order valence-electron chi connectivity index (χ2n) is 5.63. The first kappa shape index (κ1) is 11.2. The van der Waals surface area contributed by atoms with Gasteiger partial charge in [0.25, 0.3) is 0 Å². The Morgan fingerprint density at radius 2 is 2.00 bits per heavy atom. The van der Waals surface area contributed by atoms with E-state index < -0.39 is 0 Å². The summed E-state index contributed by atoms with van der Waals surface area (Å²) in [5.74, 6) is 0.914. The molecule has 2 saturated heterocycles. The van der Waals surface area contributed by atoms with Crippen molar-refractivity contribution in [2.75, 3.05) is 26.7 Å². The van der Waals surface area contributed by atoms with Crippen molar-refractivity contribution in [3.8, 4) is 0 Å². The molecule has 0 amide bonds. The Morgan fingerprint density at radius 1 is 1.18 bits per heavy atom. The third-order valence-corrected chi connectivity index (χ3v) is 4.38. The summed E-state index contributed by atoms with van der Waals surface area (Å²) >= 11 is 0. The van der Waals surface area contributed by atoms with Gasteiger partial charge < -0.3 is 4.90 Å². The number of likely N-dealkylation sites (tertiary alicyclic amines) is 2. The Labute approximate surface area is 104 Å². The number of benzene rings is 1. The Bertz CT molecular complexity index is 362. The third-order valence-electron chi connectivity index (χ3n) is 4.38. The molecule has 3 rings (SSSR count). The van der Waals surface area contributed by atoms with Crippen molar-refractivity contribution in [1.82, 2.24) is 9.80 Å². The van der Waals surface area contributed by atoms with E-state index in [2.05, 4.69) is 47.2 Å². The van der Waals surface area contributed by atoms with Crippen LogP contribution in [0.2, 0.25) is 0 Å². The zero-order chi connectivity index (χ0) is 11.7. The summed E-state index contributed by atoms with van der Waals surface area (Å²) in [6.07, 6.45) is 2.82. The highest BCUT2D eigenvalue weighted by Crippen LogP contribution is 2.30. The number of rotatable bonds is 2. The first-order valence-corrected chi connectivity index (χ1v) is 6.79. The van der Waals surface area contributed by atoms with Crippen LogP contribution in [0.15, 0.2) is 30.3 Å². The molecule has 0 radical (unpaired) electrons. The van der Waals surface area contributed by atoms with Gasteiger partial charge in [-0.2, -0.15) is 0 Å². The van der Waals surface area contributed by atoms with Gasteiger partial charge in [-0.25, -0.2) is 0 Å². The van der Waals surface area contributed by atoms with Crippen LogP contribution in [0.1, 0.15) is 18.4 Å². The van der Waals surface area contributed by atoms with E-state index in [1.54, 1.807) is 0 Å². The fourth-order valence-corrected chi connectivity index (χ4v) is 3.46. The summed E-state index contributed by atoms with van der Waals surface area (Å²) in [6, 6.07) is 11.7. The monoisotopic (exact) mass is 230 g/mol. The minimum Gasteiger partial charge on any atom is -0.302 e. The lowest BCUT2D eigenvalue weighted by molar-refractivity contribution is 0.156. The lowest BCUT2D eigenvalue weighted by atomic mass is 9.93. The van der Waals surface area contributed by atoms with Crippen LogP contribution in [0.4, 0.5) is 0 Å². The van der Waals surface area contributed by atoms with Gasteiger partial charge in [0.1, 0.15) is 0 Å². The van der Waals surface area contributed by atoms with E-state index in [0.717, 1.165) is 18.5 Å². The van der Waals surface area contributed by atoms with Gasteiger partial charge in [0.2, 0.25) is 0 Å². The maximum atomic E-state index is 2.63. The molecule has 2 aliphatic heterocycles. The molecular weight excluding hydrogens is 208 g/mol. The molecule has 2 heterocycles. The van der Waals surface area contributed by atoms with E-state index in [1.807, 2.05) is 0 Å². The highest BCUT2D eigenvalue weighted by molar-refractivity contribution is 5.15. The lowest BCUT2D eigenvalue weighted by Gasteiger charge is -2.33. The van der Waals surface area contributed by atoms with E-state index in [0.29, 0.717) is 0 Å². The highest BCUT2D eigenvalue weighted by Gasteiger charge is 2.36. The lowest BCUT2D eigenvalue weighted by Crippen LogP contribution is -2.42. The van der Waals surface area contributed by atoms with Gasteiger partial charge in [-0.15, -0.1) is 0 Å². The van der Waals surface area contributed by atoms with Crippen LogP contribution < -0.4 is 0 Å². The molecule has 2 fully saturated rings. The summed E-state index contributed by atoms with van der Waals surface area (Å²) in [5.41, 5.74) is 1.45. The van der Waals surface area contributed by atoms with Gasteiger partial charge >= 0.3 is 0 Å². The molecule has 2 atom stereocenters. The Kier molecular flexibility index (Phi) is 3.17. The molecule has 0 saturated carbocycles. The molecule has 0 N–H and O–H groups in total. The smallest absolute Gasteiger partial charge is 0.0260 e. The van der Waals surface area contributed by atoms with Crippen molar-refractivity contribution in [3.63, 3.8) is 0 Å². The molecule has 1 aromatic carbocycles. The molecule has 0 unspecified atom stereocenters. The molecule has 0 aromatic heterocycles. The zero-order valence-electron chi connectivity index (χ0n) is 10.7. The fraction of sp³-hybridized carbons (Fsp3) is 0.600. The molecule has 2 heteroatoms. The summed E-state index contributed by atoms with van der Waals surface area (Å²) in [7, 11) is 2.29. The topological polar surface area (TPSA) is 6.48 Å². The van der Waals surface area contributed by atoms with Crippen LogP contribution >= 0.6 is 0 Å². The molecule has 2 nitrogen and oxygen atoms in total. The number of hydrogen-bond donors (Lipinski definition) is 0. The van der Waals surface area contributed by atoms with Crippen molar-refractivity contribution >= 4 is 0 Å². The van der Waals surface area contributed by atoms with Gasteiger partial charge in [-0.3, -0.25) is 4.90 Å². The van der Waals surface area contributed by atoms with Crippen LogP contribution in [0.3, 0.4) is 0 Å². The average Bonchev–Trinajstić information content (AvgIpc) is 2.74. The first-order valence-electron chi connectivity index (χ1n) is 6.79. The molecule has 17 heavy (non-hydrogen) atoms. The molecule has 0 bridgehead atoms. The van der Waals surface area contributed by atoms with Gasteiger partial charge in [0, 0.05) is 25.7 Å². The van der Waals surface area contributed by atoms with Gasteiger partial charge in [0.05, 0.1) is 0 Å². The predicted molar refractivity (Wildman–Crippen MR) is 70.9 cm³/mol. The van der Waals surface area contributed by atoms with E-state index in [4.69, 9.17) is 0 Å². The normalized spacial score (nSPS) is 30.4. The van der Waals surface area contributed by atoms with Crippen LogP contribution in [-0.2, 0) is 6.54 Å². The minimum atomic E-state index is 0.812. The zero-order valence-corrected chi connectivity index (χ0v) is 10.7.